The highest BCUT2D eigenvalue weighted by molar-refractivity contribution is 8.22. The van der Waals surface area contributed by atoms with Crippen LogP contribution >= 0.6 is 22.1 Å². The van der Waals surface area contributed by atoms with Gasteiger partial charge in [0.2, 0.25) is 0 Å². The van der Waals surface area contributed by atoms with Gasteiger partial charge in [-0.2, -0.15) is 0 Å². The smallest absolute Gasteiger partial charge is 0.332 e. The van der Waals surface area contributed by atoms with Crippen LogP contribution < -0.4 is 11.2 Å². The standard InChI is InChI=1S/C22H29N3O5S2/c1-16-18(15-23-10-6-14-32(23,28)29)31-21-19(16)20(26)24(22(27)25(21)12-13-30-2)11-9-17-7-4-3-5-8-17/h3-5,7-8,28-29H,6,9-15H2,1-2H3. The molecule has 0 aliphatic carbocycles. The van der Waals surface area contributed by atoms with E-state index < -0.39 is 10.8 Å². The van der Waals surface area contributed by atoms with E-state index in [1.54, 1.807) is 16.0 Å². The number of ether oxygens (including phenoxy) is 1. The van der Waals surface area contributed by atoms with E-state index in [1.165, 1.54) is 15.9 Å². The minimum Gasteiger partial charge on any atom is -0.383 e. The third kappa shape index (κ3) is 4.43. The molecule has 0 atom stereocenters. The van der Waals surface area contributed by atoms with Gasteiger partial charge in [0.15, 0.2) is 0 Å². The monoisotopic (exact) mass is 479 g/mol. The van der Waals surface area contributed by atoms with E-state index in [-0.39, 0.29) is 11.2 Å². The summed E-state index contributed by atoms with van der Waals surface area (Å²) in [6, 6.07) is 9.78. The molecule has 1 saturated heterocycles. The quantitative estimate of drug-likeness (QED) is 0.515. The molecular formula is C22H29N3O5S2. The minimum absolute atomic E-state index is 0.289. The summed E-state index contributed by atoms with van der Waals surface area (Å²) in [5, 5.41) is 0.532. The lowest BCUT2D eigenvalue weighted by atomic mass is 10.1. The van der Waals surface area contributed by atoms with Crippen molar-refractivity contribution >= 4 is 32.3 Å². The lowest BCUT2D eigenvalue weighted by Crippen LogP contribution is -2.40. The fraction of sp³-hybridized carbons (Fsp3) is 0.455. The number of benzene rings is 1. The zero-order valence-corrected chi connectivity index (χ0v) is 20.0. The first kappa shape index (κ1) is 23.2. The number of hydrogen-bond donors (Lipinski definition) is 2. The Labute approximate surface area is 192 Å². The van der Waals surface area contributed by atoms with Crippen LogP contribution in [0.4, 0.5) is 0 Å². The summed E-state index contributed by atoms with van der Waals surface area (Å²) < 4.78 is 30.4. The Morgan fingerprint density at radius 3 is 2.53 bits per heavy atom. The molecule has 8 nitrogen and oxygen atoms in total. The number of thiophene rings is 1. The largest absolute Gasteiger partial charge is 0.383 e. The van der Waals surface area contributed by atoms with Crippen LogP contribution in [0.2, 0.25) is 0 Å². The summed E-state index contributed by atoms with van der Waals surface area (Å²) >= 11 is 1.38. The van der Waals surface area contributed by atoms with Gasteiger partial charge in [0.1, 0.15) is 4.83 Å². The number of fused-ring (bicyclic) bond motifs is 1. The van der Waals surface area contributed by atoms with E-state index in [0.29, 0.717) is 55.2 Å². The van der Waals surface area contributed by atoms with E-state index >= 15 is 0 Å². The van der Waals surface area contributed by atoms with E-state index in [1.807, 2.05) is 37.3 Å². The molecule has 1 aliphatic rings. The van der Waals surface area contributed by atoms with Gasteiger partial charge in [-0.05, 0) is 30.9 Å². The molecule has 10 heteroatoms. The van der Waals surface area contributed by atoms with E-state index in [2.05, 4.69) is 0 Å². The molecule has 2 N–H and O–H groups in total. The molecule has 3 aromatic rings. The van der Waals surface area contributed by atoms with Gasteiger partial charge in [0.25, 0.3) is 5.56 Å². The average molecular weight is 480 g/mol. The van der Waals surface area contributed by atoms with Crippen LogP contribution in [-0.2, 0) is 30.8 Å². The van der Waals surface area contributed by atoms with Crippen molar-refractivity contribution in [1.29, 1.82) is 0 Å². The molecule has 32 heavy (non-hydrogen) atoms. The Bertz CT molecular complexity index is 1220. The first-order valence-electron chi connectivity index (χ1n) is 10.6. The van der Waals surface area contributed by atoms with Crippen molar-refractivity contribution in [3.8, 4) is 0 Å². The maximum absolute atomic E-state index is 13.4. The molecule has 1 aromatic carbocycles. The van der Waals surface area contributed by atoms with Gasteiger partial charge < -0.3 is 4.74 Å². The van der Waals surface area contributed by atoms with E-state index in [9.17, 15) is 18.7 Å². The van der Waals surface area contributed by atoms with Crippen LogP contribution in [-0.4, -0.2) is 48.6 Å². The van der Waals surface area contributed by atoms with Gasteiger partial charge in [0.05, 0.1) is 30.8 Å². The predicted molar refractivity (Wildman–Crippen MR) is 130 cm³/mol. The normalized spacial score (nSPS) is 17.2. The van der Waals surface area contributed by atoms with Gasteiger partial charge in [-0.1, -0.05) is 30.3 Å². The molecule has 0 radical (unpaired) electrons. The fourth-order valence-electron chi connectivity index (χ4n) is 4.11. The topological polar surface area (TPSA) is 96.9 Å². The van der Waals surface area contributed by atoms with Crippen molar-refractivity contribution in [3.05, 3.63) is 67.2 Å². The Morgan fingerprint density at radius 2 is 1.88 bits per heavy atom. The van der Waals surface area contributed by atoms with Gasteiger partial charge in [-0.3, -0.25) is 23.0 Å². The molecule has 0 saturated carbocycles. The highest BCUT2D eigenvalue weighted by Gasteiger charge is 2.30. The molecule has 3 heterocycles. The fourth-order valence-corrected chi connectivity index (χ4v) is 7.05. The number of hydrogen-bond acceptors (Lipinski definition) is 7. The minimum atomic E-state index is -2.76. The zero-order valence-electron chi connectivity index (χ0n) is 18.3. The van der Waals surface area contributed by atoms with Crippen LogP contribution in [0.3, 0.4) is 0 Å². The molecule has 1 aliphatic heterocycles. The van der Waals surface area contributed by atoms with Crippen molar-refractivity contribution in [1.82, 2.24) is 13.4 Å². The number of aryl methyl sites for hydroxylation is 2. The van der Waals surface area contributed by atoms with Crippen molar-refractivity contribution in [3.63, 3.8) is 0 Å². The Kier molecular flexibility index (Phi) is 6.89. The van der Waals surface area contributed by atoms with E-state index in [4.69, 9.17) is 4.74 Å². The molecule has 2 aromatic heterocycles. The van der Waals surface area contributed by atoms with Crippen LogP contribution in [0.15, 0.2) is 39.9 Å². The Balaban J connectivity index is 1.78. The van der Waals surface area contributed by atoms with Crippen molar-refractivity contribution in [2.45, 2.75) is 39.4 Å². The summed E-state index contributed by atoms with van der Waals surface area (Å²) in [6.45, 7) is 3.83. The maximum atomic E-state index is 13.4. The molecule has 1 fully saturated rings. The van der Waals surface area contributed by atoms with Crippen LogP contribution in [0.5, 0.6) is 0 Å². The third-order valence-corrected chi connectivity index (χ3v) is 9.21. The van der Waals surface area contributed by atoms with E-state index in [0.717, 1.165) is 22.4 Å². The summed E-state index contributed by atoms with van der Waals surface area (Å²) in [7, 11) is -1.18. The number of methoxy groups -OCH3 is 1. The Morgan fingerprint density at radius 1 is 1.12 bits per heavy atom. The lowest BCUT2D eigenvalue weighted by molar-refractivity contribution is 0.186. The SMILES string of the molecule is COCCn1c(=O)n(CCc2ccccc2)c(=O)c2c(C)c(CN3CCCS3(O)O)sc21. The Hall–Kier alpha value is -1.95. The van der Waals surface area contributed by atoms with Gasteiger partial charge >= 0.3 is 5.69 Å². The number of rotatable bonds is 8. The molecule has 0 spiro atoms. The highest BCUT2D eigenvalue weighted by Crippen LogP contribution is 2.49. The average Bonchev–Trinajstić information content (AvgIpc) is 3.27. The first-order valence-corrected chi connectivity index (χ1v) is 13.1. The van der Waals surface area contributed by atoms with Crippen LogP contribution in [0.25, 0.3) is 10.2 Å². The van der Waals surface area contributed by atoms with Crippen molar-refractivity contribution < 1.29 is 13.8 Å². The molecular weight excluding hydrogens is 450 g/mol. The maximum Gasteiger partial charge on any atom is 0.332 e. The zero-order chi connectivity index (χ0) is 22.9. The first-order chi connectivity index (χ1) is 15.3. The molecule has 0 amide bonds. The summed E-state index contributed by atoms with van der Waals surface area (Å²) in [4.78, 5) is 28.2. The predicted octanol–water partition coefficient (Wildman–Crippen LogP) is 3.29. The molecule has 174 valence electrons. The highest BCUT2D eigenvalue weighted by atomic mass is 32.3. The summed E-state index contributed by atoms with van der Waals surface area (Å²) in [6.07, 6.45) is 1.31. The second-order valence-electron chi connectivity index (χ2n) is 8.00. The van der Waals surface area contributed by atoms with Gasteiger partial charge in [-0.15, -0.1) is 22.1 Å². The summed E-state index contributed by atoms with van der Waals surface area (Å²) in [5.74, 6) is 0.377. The second-order valence-corrected chi connectivity index (χ2v) is 11.3. The van der Waals surface area contributed by atoms with Crippen molar-refractivity contribution in [2.24, 2.45) is 0 Å². The van der Waals surface area contributed by atoms with Gasteiger partial charge in [0, 0.05) is 25.1 Å². The second kappa shape index (κ2) is 9.50. The molecule has 0 bridgehead atoms. The number of aromatic nitrogens is 2. The van der Waals surface area contributed by atoms with Crippen molar-refractivity contribution in [2.75, 3.05) is 26.0 Å². The molecule has 4 rings (SSSR count). The van der Waals surface area contributed by atoms with Crippen LogP contribution in [0.1, 0.15) is 22.4 Å². The van der Waals surface area contributed by atoms with Crippen LogP contribution in [0, 0.1) is 6.92 Å². The lowest BCUT2D eigenvalue weighted by Gasteiger charge is -2.36. The van der Waals surface area contributed by atoms with Gasteiger partial charge in [-0.25, -0.2) is 9.10 Å². The molecule has 0 unspecified atom stereocenters. The number of nitrogens with zero attached hydrogens (tertiary/aromatic N) is 3. The third-order valence-electron chi connectivity index (χ3n) is 5.94. The summed E-state index contributed by atoms with van der Waals surface area (Å²) in [5.41, 5.74) is 1.23.